The number of hydrogen-bond donors (Lipinski definition) is 1. The van der Waals surface area contributed by atoms with Crippen molar-refractivity contribution in [1.29, 1.82) is 0 Å². The maximum Gasteiger partial charge on any atom is 0.119 e. The molecule has 2 rings (SSSR count). The van der Waals surface area contributed by atoms with Crippen LogP contribution in [0.3, 0.4) is 0 Å². The number of anilines is 1. The molecule has 1 fully saturated rings. The summed E-state index contributed by atoms with van der Waals surface area (Å²) in [6, 6.07) is 7.63. The topological polar surface area (TPSA) is 35.2 Å². The Morgan fingerprint density at radius 3 is 2.56 bits per heavy atom. The summed E-state index contributed by atoms with van der Waals surface area (Å²) < 4.78 is 5.68. The molecule has 1 aromatic rings. The zero-order chi connectivity index (χ0) is 12.6. The molecule has 1 aliphatic rings. The first-order chi connectivity index (χ1) is 8.84. The van der Waals surface area contributed by atoms with E-state index in [2.05, 4.69) is 11.8 Å². The molecular formula is C15H23NOS. The van der Waals surface area contributed by atoms with Crippen molar-refractivity contribution in [2.75, 3.05) is 18.1 Å². The van der Waals surface area contributed by atoms with Crippen molar-refractivity contribution in [3.05, 3.63) is 24.3 Å². The summed E-state index contributed by atoms with van der Waals surface area (Å²) in [7, 11) is 0. The highest BCUT2D eigenvalue weighted by Gasteiger charge is 2.12. The Balaban J connectivity index is 1.54. The van der Waals surface area contributed by atoms with E-state index in [1.807, 2.05) is 24.3 Å². The fourth-order valence-electron chi connectivity index (χ4n) is 2.29. The molecule has 0 heterocycles. The summed E-state index contributed by atoms with van der Waals surface area (Å²) in [5.74, 6) is 2.14. The predicted molar refractivity (Wildman–Crippen MR) is 80.3 cm³/mol. The molecule has 1 aliphatic carbocycles. The Labute approximate surface area is 114 Å². The van der Waals surface area contributed by atoms with Gasteiger partial charge in [-0.2, -0.15) is 11.8 Å². The normalized spacial score (nSPS) is 16.7. The fraction of sp³-hybridized carbons (Fsp3) is 0.600. The van der Waals surface area contributed by atoms with E-state index in [1.54, 1.807) is 0 Å². The van der Waals surface area contributed by atoms with Gasteiger partial charge in [0.25, 0.3) is 0 Å². The molecule has 0 unspecified atom stereocenters. The number of ether oxygens (including phenoxy) is 1. The number of hydrogen-bond acceptors (Lipinski definition) is 3. The molecule has 3 heteroatoms. The highest BCUT2D eigenvalue weighted by Crippen LogP contribution is 2.28. The molecule has 0 atom stereocenters. The minimum absolute atomic E-state index is 0.787. The molecule has 0 aromatic heterocycles. The average molecular weight is 265 g/mol. The molecule has 0 amide bonds. The zero-order valence-electron chi connectivity index (χ0n) is 10.9. The van der Waals surface area contributed by atoms with Gasteiger partial charge in [-0.1, -0.05) is 19.3 Å². The number of thioether (sulfide) groups is 1. The SMILES string of the molecule is Nc1ccc(OCCCSC2CCCCC2)cc1. The Bertz CT molecular complexity index is 333. The first kappa shape index (κ1) is 13.6. The maximum atomic E-state index is 5.68. The Kier molecular flexibility index (Phi) is 5.72. The van der Waals surface area contributed by atoms with Crippen LogP contribution in [0.15, 0.2) is 24.3 Å². The Morgan fingerprint density at radius 1 is 1.11 bits per heavy atom. The van der Waals surface area contributed by atoms with E-state index < -0.39 is 0 Å². The largest absolute Gasteiger partial charge is 0.494 e. The van der Waals surface area contributed by atoms with Crippen LogP contribution in [-0.2, 0) is 0 Å². The smallest absolute Gasteiger partial charge is 0.119 e. The fourth-order valence-corrected chi connectivity index (χ4v) is 3.58. The third-order valence-electron chi connectivity index (χ3n) is 3.34. The zero-order valence-corrected chi connectivity index (χ0v) is 11.8. The third-order valence-corrected chi connectivity index (χ3v) is 4.81. The summed E-state index contributed by atoms with van der Waals surface area (Å²) >= 11 is 2.13. The molecule has 0 saturated heterocycles. The van der Waals surface area contributed by atoms with E-state index in [4.69, 9.17) is 10.5 Å². The highest BCUT2D eigenvalue weighted by molar-refractivity contribution is 7.99. The van der Waals surface area contributed by atoms with E-state index in [1.165, 1.54) is 37.9 Å². The lowest BCUT2D eigenvalue weighted by Gasteiger charge is -2.20. The van der Waals surface area contributed by atoms with Crippen LogP contribution < -0.4 is 10.5 Å². The Morgan fingerprint density at radius 2 is 1.83 bits per heavy atom. The van der Waals surface area contributed by atoms with Crippen LogP contribution in [0.1, 0.15) is 38.5 Å². The van der Waals surface area contributed by atoms with Crippen LogP contribution in [0, 0.1) is 0 Å². The summed E-state index contributed by atoms with van der Waals surface area (Å²) in [4.78, 5) is 0. The van der Waals surface area contributed by atoms with Gasteiger partial charge in [-0.05, 0) is 49.3 Å². The van der Waals surface area contributed by atoms with Gasteiger partial charge in [-0.3, -0.25) is 0 Å². The van der Waals surface area contributed by atoms with Gasteiger partial charge in [0.05, 0.1) is 6.61 Å². The van der Waals surface area contributed by atoms with Gasteiger partial charge in [-0.15, -0.1) is 0 Å². The van der Waals surface area contributed by atoms with Crippen molar-refractivity contribution in [3.8, 4) is 5.75 Å². The maximum absolute atomic E-state index is 5.68. The molecule has 100 valence electrons. The molecule has 18 heavy (non-hydrogen) atoms. The predicted octanol–water partition coefficient (Wildman–Crippen LogP) is 4.10. The molecule has 0 radical (unpaired) electrons. The number of benzene rings is 1. The molecule has 0 aliphatic heterocycles. The van der Waals surface area contributed by atoms with Gasteiger partial charge in [0.2, 0.25) is 0 Å². The molecule has 1 aromatic carbocycles. The van der Waals surface area contributed by atoms with E-state index in [-0.39, 0.29) is 0 Å². The van der Waals surface area contributed by atoms with Gasteiger partial charge in [0.1, 0.15) is 5.75 Å². The van der Waals surface area contributed by atoms with Crippen molar-refractivity contribution >= 4 is 17.4 Å². The van der Waals surface area contributed by atoms with Gasteiger partial charge >= 0.3 is 0 Å². The van der Waals surface area contributed by atoms with Gasteiger partial charge < -0.3 is 10.5 Å². The van der Waals surface area contributed by atoms with Gasteiger partial charge in [-0.25, -0.2) is 0 Å². The van der Waals surface area contributed by atoms with Crippen LogP contribution in [0.4, 0.5) is 5.69 Å². The monoisotopic (exact) mass is 265 g/mol. The molecule has 0 bridgehead atoms. The second kappa shape index (κ2) is 7.57. The van der Waals surface area contributed by atoms with Crippen LogP contribution in [0.25, 0.3) is 0 Å². The van der Waals surface area contributed by atoms with Crippen molar-refractivity contribution in [3.63, 3.8) is 0 Å². The van der Waals surface area contributed by atoms with E-state index >= 15 is 0 Å². The van der Waals surface area contributed by atoms with E-state index in [9.17, 15) is 0 Å². The quantitative estimate of drug-likeness (QED) is 0.621. The van der Waals surface area contributed by atoms with Gasteiger partial charge in [0.15, 0.2) is 0 Å². The second-order valence-electron chi connectivity index (χ2n) is 4.90. The van der Waals surface area contributed by atoms with Crippen molar-refractivity contribution in [2.24, 2.45) is 0 Å². The van der Waals surface area contributed by atoms with Crippen molar-refractivity contribution < 1.29 is 4.74 Å². The number of nitrogens with two attached hydrogens (primary N) is 1. The van der Waals surface area contributed by atoms with Crippen LogP contribution >= 0.6 is 11.8 Å². The lowest BCUT2D eigenvalue weighted by atomic mass is 10.0. The summed E-state index contributed by atoms with van der Waals surface area (Å²) in [5, 5.41) is 0.912. The first-order valence-electron chi connectivity index (χ1n) is 6.94. The van der Waals surface area contributed by atoms with Gasteiger partial charge in [0, 0.05) is 10.9 Å². The third kappa shape index (κ3) is 4.81. The van der Waals surface area contributed by atoms with Crippen molar-refractivity contribution in [2.45, 2.75) is 43.8 Å². The van der Waals surface area contributed by atoms with Crippen LogP contribution in [0.2, 0.25) is 0 Å². The number of rotatable bonds is 6. The lowest BCUT2D eigenvalue weighted by Crippen LogP contribution is -2.09. The minimum Gasteiger partial charge on any atom is -0.494 e. The second-order valence-corrected chi connectivity index (χ2v) is 6.31. The summed E-state index contributed by atoms with van der Waals surface area (Å²) in [5.41, 5.74) is 6.41. The van der Waals surface area contributed by atoms with Crippen LogP contribution in [-0.4, -0.2) is 17.6 Å². The molecule has 1 saturated carbocycles. The average Bonchev–Trinajstić information content (AvgIpc) is 2.42. The molecule has 2 nitrogen and oxygen atoms in total. The van der Waals surface area contributed by atoms with Crippen molar-refractivity contribution in [1.82, 2.24) is 0 Å². The van der Waals surface area contributed by atoms with Crippen LogP contribution in [0.5, 0.6) is 5.75 Å². The van der Waals surface area contributed by atoms with E-state index in [0.29, 0.717) is 0 Å². The Hall–Kier alpha value is -0.830. The molecule has 0 spiro atoms. The highest BCUT2D eigenvalue weighted by atomic mass is 32.2. The standard InChI is InChI=1S/C15H23NOS/c16-13-7-9-14(10-8-13)17-11-4-12-18-15-5-2-1-3-6-15/h7-10,15H,1-6,11-12,16H2. The van der Waals surface area contributed by atoms with E-state index in [0.717, 1.165) is 29.7 Å². The summed E-state index contributed by atoms with van der Waals surface area (Å²) in [6.07, 6.45) is 8.27. The number of nitrogen functional groups attached to an aromatic ring is 1. The molecular weight excluding hydrogens is 242 g/mol. The minimum atomic E-state index is 0.787. The lowest BCUT2D eigenvalue weighted by molar-refractivity contribution is 0.318. The molecule has 2 N–H and O–H groups in total. The first-order valence-corrected chi connectivity index (χ1v) is 7.99. The summed E-state index contributed by atoms with van der Waals surface area (Å²) in [6.45, 7) is 0.809.